The molecule has 2 aliphatic rings. The largest absolute Gasteiger partial charge is 0.507 e. The number of ketones is 1. The number of aliphatic hydroxyl groups excluding tert-OH is 1. The van der Waals surface area contributed by atoms with Crippen molar-refractivity contribution >= 4 is 17.4 Å². The quantitative estimate of drug-likeness (QED) is 0.134. The molecule has 0 spiro atoms. The van der Waals surface area contributed by atoms with Crippen LogP contribution in [0.5, 0.6) is 17.2 Å². The monoisotopic (exact) mass is 556 g/mol. The highest BCUT2D eigenvalue weighted by atomic mass is 16.5. The Labute approximate surface area is 240 Å². The van der Waals surface area contributed by atoms with Gasteiger partial charge in [0.05, 0.1) is 24.8 Å². The zero-order valence-corrected chi connectivity index (χ0v) is 23.8. The maximum Gasteiger partial charge on any atom is 0.295 e. The Hall–Kier alpha value is -4.33. The molecule has 1 amide bonds. The molecule has 2 aliphatic heterocycles. The lowest BCUT2D eigenvalue weighted by Crippen LogP contribution is -2.29. The molecular weight excluding hydrogens is 520 g/mol. The molecule has 1 aromatic heterocycles. The molecule has 2 aromatic carbocycles. The number of pyridine rings is 1. The maximum atomic E-state index is 13.6. The van der Waals surface area contributed by atoms with Gasteiger partial charge < -0.3 is 24.2 Å². The number of Topliss-reactive ketones (excluding diaryl/α,β-unsaturated/α-hetero) is 1. The van der Waals surface area contributed by atoms with E-state index in [2.05, 4.69) is 11.9 Å². The first-order valence-corrected chi connectivity index (χ1v) is 14.3. The summed E-state index contributed by atoms with van der Waals surface area (Å²) in [4.78, 5) is 32.6. The summed E-state index contributed by atoms with van der Waals surface area (Å²) in [6.45, 7) is 7.16. The number of rotatable bonds is 11. The van der Waals surface area contributed by atoms with E-state index in [9.17, 15) is 14.7 Å². The lowest BCUT2D eigenvalue weighted by atomic mass is 9.94. The van der Waals surface area contributed by atoms with E-state index in [1.807, 2.05) is 32.0 Å². The third kappa shape index (κ3) is 5.92. The fourth-order valence-electron chi connectivity index (χ4n) is 5.42. The van der Waals surface area contributed by atoms with Gasteiger partial charge in [0.2, 0.25) is 0 Å². The average molecular weight is 557 g/mol. The van der Waals surface area contributed by atoms with Gasteiger partial charge in [0.25, 0.3) is 11.7 Å². The van der Waals surface area contributed by atoms with Gasteiger partial charge in [0, 0.05) is 30.9 Å². The lowest BCUT2D eigenvalue weighted by molar-refractivity contribution is -0.140. The number of likely N-dealkylation sites (tertiary alicyclic amines) is 1. The summed E-state index contributed by atoms with van der Waals surface area (Å²) in [5.41, 5.74) is 2.91. The molecule has 3 heterocycles. The van der Waals surface area contributed by atoms with Crippen molar-refractivity contribution < 1.29 is 28.9 Å². The molecule has 214 valence electrons. The molecule has 0 aliphatic carbocycles. The highest BCUT2D eigenvalue weighted by Gasteiger charge is 2.46. The van der Waals surface area contributed by atoms with Gasteiger partial charge in [-0.05, 0) is 79.4 Å². The number of carbonyl (C=O) groups is 2. The van der Waals surface area contributed by atoms with Crippen molar-refractivity contribution in [3.63, 3.8) is 0 Å². The van der Waals surface area contributed by atoms with E-state index < -0.39 is 17.7 Å². The SMILES string of the molecule is CCCCCOc1ccc([C@H]2C(=C(O)c3ccc4c(c3)C[C@@H](C)O4)C(=O)C(=O)N2Cc2ccncc2)cc1OCC. The second-order valence-corrected chi connectivity index (χ2v) is 10.4. The number of fused-ring (bicyclic) bond motifs is 1. The van der Waals surface area contributed by atoms with Gasteiger partial charge in [-0.15, -0.1) is 0 Å². The van der Waals surface area contributed by atoms with Crippen molar-refractivity contribution in [3.8, 4) is 17.2 Å². The number of ether oxygens (including phenoxy) is 3. The number of hydrogen-bond donors (Lipinski definition) is 1. The zero-order chi connectivity index (χ0) is 28.9. The topological polar surface area (TPSA) is 98.2 Å². The van der Waals surface area contributed by atoms with E-state index in [0.717, 1.165) is 36.1 Å². The average Bonchev–Trinajstić information content (AvgIpc) is 3.47. The molecule has 2 atom stereocenters. The number of carbonyl (C=O) groups excluding carboxylic acids is 2. The maximum absolute atomic E-state index is 13.6. The molecule has 8 heteroatoms. The molecule has 0 radical (unpaired) electrons. The summed E-state index contributed by atoms with van der Waals surface area (Å²) < 4.78 is 17.8. The molecule has 8 nitrogen and oxygen atoms in total. The molecule has 1 saturated heterocycles. The van der Waals surface area contributed by atoms with Crippen LogP contribution in [0.25, 0.3) is 5.76 Å². The second kappa shape index (κ2) is 12.5. The van der Waals surface area contributed by atoms with Crippen molar-refractivity contribution in [1.82, 2.24) is 9.88 Å². The zero-order valence-electron chi connectivity index (χ0n) is 23.8. The lowest BCUT2D eigenvalue weighted by Gasteiger charge is -2.26. The van der Waals surface area contributed by atoms with Gasteiger partial charge in [-0.3, -0.25) is 14.6 Å². The summed E-state index contributed by atoms with van der Waals surface area (Å²) >= 11 is 0. The number of hydrogen-bond acceptors (Lipinski definition) is 7. The number of amides is 1. The predicted molar refractivity (Wildman–Crippen MR) is 155 cm³/mol. The summed E-state index contributed by atoms with van der Waals surface area (Å²) in [6.07, 6.45) is 7.12. The molecule has 3 aromatic rings. The van der Waals surface area contributed by atoms with Gasteiger partial charge in [0.1, 0.15) is 17.6 Å². The molecule has 1 N–H and O–H groups in total. The first-order valence-electron chi connectivity index (χ1n) is 14.3. The van der Waals surface area contributed by atoms with Crippen molar-refractivity contribution in [2.75, 3.05) is 13.2 Å². The van der Waals surface area contributed by atoms with Crippen LogP contribution in [0.3, 0.4) is 0 Å². The number of aliphatic hydroxyl groups is 1. The Morgan fingerprint density at radius 2 is 1.83 bits per heavy atom. The molecule has 41 heavy (non-hydrogen) atoms. The van der Waals surface area contributed by atoms with Crippen LogP contribution in [0, 0.1) is 0 Å². The summed E-state index contributed by atoms with van der Waals surface area (Å²) in [5.74, 6) is 0.268. The smallest absolute Gasteiger partial charge is 0.295 e. The standard InChI is InChI=1S/C33H36N2O6/c1-4-6-7-16-40-27-11-8-23(19-28(27)39-5-2)30-29(31(36)24-9-10-26-25(18-24)17-21(3)41-26)32(37)33(38)35(30)20-22-12-14-34-15-13-22/h8-15,18-19,21,30,36H,4-7,16-17,20H2,1-3H3/t21-,30+/m1/s1. The van der Waals surface area contributed by atoms with Crippen molar-refractivity contribution in [2.45, 2.75) is 65.1 Å². The van der Waals surface area contributed by atoms with Crippen molar-refractivity contribution in [1.29, 1.82) is 0 Å². The number of aromatic nitrogens is 1. The Bertz CT molecular complexity index is 1450. The minimum absolute atomic E-state index is 0.0352. The van der Waals surface area contributed by atoms with Crippen LogP contribution in [0.4, 0.5) is 0 Å². The fraction of sp³-hybridized carbons (Fsp3) is 0.364. The minimum Gasteiger partial charge on any atom is -0.507 e. The Kier molecular flexibility index (Phi) is 8.57. The van der Waals surface area contributed by atoms with Gasteiger partial charge >= 0.3 is 0 Å². The first kappa shape index (κ1) is 28.2. The first-order chi connectivity index (χ1) is 19.9. The predicted octanol–water partition coefficient (Wildman–Crippen LogP) is 5.99. The normalized spacial score (nSPS) is 19.2. The number of benzene rings is 2. The fourth-order valence-corrected chi connectivity index (χ4v) is 5.42. The third-order valence-electron chi connectivity index (χ3n) is 7.40. The molecule has 0 bridgehead atoms. The van der Waals surface area contributed by atoms with E-state index in [4.69, 9.17) is 14.2 Å². The van der Waals surface area contributed by atoms with Crippen LogP contribution in [-0.2, 0) is 22.6 Å². The highest BCUT2D eigenvalue weighted by Crippen LogP contribution is 2.43. The minimum atomic E-state index is -0.833. The second-order valence-electron chi connectivity index (χ2n) is 10.4. The van der Waals surface area contributed by atoms with E-state index in [1.54, 1.807) is 42.7 Å². The van der Waals surface area contributed by atoms with Gasteiger partial charge in [-0.25, -0.2) is 0 Å². The van der Waals surface area contributed by atoms with E-state index in [0.29, 0.717) is 42.3 Å². The van der Waals surface area contributed by atoms with Gasteiger partial charge in [-0.2, -0.15) is 0 Å². The molecule has 5 rings (SSSR count). The molecule has 0 saturated carbocycles. The number of unbranched alkanes of at least 4 members (excludes halogenated alkanes) is 2. The molecule has 1 fully saturated rings. The Morgan fingerprint density at radius 3 is 2.59 bits per heavy atom. The highest BCUT2D eigenvalue weighted by molar-refractivity contribution is 6.46. The van der Waals surface area contributed by atoms with Gasteiger partial charge in [-0.1, -0.05) is 25.8 Å². The summed E-state index contributed by atoms with van der Waals surface area (Å²) in [7, 11) is 0. The van der Waals surface area contributed by atoms with Crippen LogP contribution in [0.2, 0.25) is 0 Å². The van der Waals surface area contributed by atoms with Crippen LogP contribution in [0.1, 0.15) is 68.3 Å². The van der Waals surface area contributed by atoms with Crippen LogP contribution in [-0.4, -0.2) is 46.0 Å². The Balaban J connectivity index is 1.59. The Morgan fingerprint density at radius 1 is 1.02 bits per heavy atom. The third-order valence-corrected chi connectivity index (χ3v) is 7.40. The molecule has 0 unspecified atom stereocenters. The summed E-state index contributed by atoms with van der Waals surface area (Å²) in [6, 6.07) is 13.6. The van der Waals surface area contributed by atoms with E-state index in [1.165, 1.54) is 4.90 Å². The summed E-state index contributed by atoms with van der Waals surface area (Å²) in [5, 5.41) is 11.6. The van der Waals surface area contributed by atoms with Gasteiger partial charge in [0.15, 0.2) is 11.5 Å². The molecular formula is C33H36N2O6. The van der Waals surface area contributed by atoms with Crippen LogP contribution >= 0.6 is 0 Å². The van der Waals surface area contributed by atoms with Crippen LogP contribution < -0.4 is 14.2 Å². The van der Waals surface area contributed by atoms with Crippen LogP contribution in [0.15, 0.2) is 66.5 Å². The van der Waals surface area contributed by atoms with E-state index >= 15 is 0 Å². The van der Waals surface area contributed by atoms with E-state index in [-0.39, 0.29) is 24.0 Å². The van der Waals surface area contributed by atoms with Crippen molar-refractivity contribution in [3.05, 3.63) is 88.8 Å². The van der Waals surface area contributed by atoms with Crippen molar-refractivity contribution in [2.24, 2.45) is 0 Å². The number of nitrogens with zero attached hydrogens (tertiary/aromatic N) is 2.